The molecule has 0 aromatic carbocycles. The van der Waals surface area contributed by atoms with E-state index in [2.05, 4.69) is 29.0 Å². The molecule has 0 aromatic rings. The third-order valence-electron chi connectivity index (χ3n) is 4.57. The van der Waals surface area contributed by atoms with Crippen LogP contribution in [0.4, 0.5) is 0 Å². The van der Waals surface area contributed by atoms with Crippen molar-refractivity contribution in [2.75, 3.05) is 37.7 Å². The lowest BCUT2D eigenvalue weighted by Gasteiger charge is -2.31. The second kappa shape index (κ2) is 5.26. The predicted molar refractivity (Wildman–Crippen MR) is 79.2 cm³/mol. The molecule has 2 aliphatic heterocycles. The number of rotatable bonds is 4. The van der Waals surface area contributed by atoms with Gasteiger partial charge in [-0.2, -0.15) is 11.8 Å². The SMILES string of the molecule is CC(C)C1NC2(CC2)C(=O)N1CCN1CCSCC1. The summed E-state index contributed by atoms with van der Waals surface area (Å²) in [6.07, 6.45) is 2.31. The Labute approximate surface area is 120 Å². The van der Waals surface area contributed by atoms with Gasteiger partial charge in [-0.25, -0.2) is 0 Å². The molecule has 1 amide bonds. The Bertz CT molecular complexity index is 351. The zero-order valence-electron chi connectivity index (χ0n) is 12.0. The molecule has 1 N–H and O–H groups in total. The van der Waals surface area contributed by atoms with Crippen molar-refractivity contribution < 1.29 is 4.79 Å². The van der Waals surface area contributed by atoms with Gasteiger partial charge in [0.05, 0.1) is 11.7 Å². The molecule has 0 bridgehead atoms. The summed E-state index contributed by atoms with van der Waals surface area (Å²) in [4.78, 5) is 17.1. The molecule has 2 heterocycles. The van der Waals surface area contributed by atoms with E-state index in [1.807, 2.05) is 11.8 Å². The molecule has 1 atom stereocenters. The van der Waals surface area contributed by atoms with Crippen LogP contribution in [0.25, 0.3) is 0 Å². The number of hydrogen-bond acceptors (Lipinski definition) is 4. The quantitative estimate of drug-likeness (QED) is 0.834. The van der Waals surface area contributed by atoms with E-state index in [1.165, 1.54) is 24.6 Å². The second-order valence-electron chi connectivity index (χ2n) is 6.37. The topological polar surface area (TPSA) is 35.6 Å². The number of carbonyl (C=O) groups excluding carboxylic acids is 1. The minimum Gasteiger partial charge on any atom is -0.324 e. The minimum atomic E-state index is -0.160. The van der Waals surface area contributed by atoms with Crippen molar-refractivity contribution in [1.82, 2.24) is 15.1 Å². The van der Waals surface area contributed by atoms with E-state index in [4.69, 9.17) is 0 Å². The molecule has 0 radical (unpaired) electrons. The maximum atomic E-state index is 12.5. The van der Waals surface area contributed by atoms with E-state index in [9.17, 15) is 4.79 Å². The Morgan fingerprint density at radius 1 is 1.32 bits per heavy atom. The molecule has 3 fully saturated rings. The van der Waals surface area contributed by atoms with Crippen molar-refractivity contribution in [2.45, 2.75) is 38.4 Å². The lowest BCUT2D eigenvalue weighted by atomic mass is 10.1. The molecular weight excluding hydrogens is 258 g/mol. The molecule has 1 saturated carbocycles. The van der Waals surface area contributed by atoms with Crippen molar-refractivity contribution in [3.63, 3.8) is 0 Å². The molecule has 19 heavy (non-hydrogen) atoms. The fourth-order valence-corrected chi connectivity index (χ4v) is 4.13. The van der Waals surface area contributed by atoms with Gasteiger partial charge in [0, 0.05) is 37.7 Å². The first kappa shape index (κ1) is 13.7. The van der Waals surface area contributed by atoms with Crippen LogP contribution >= 0.6 is 11.8 Å². The highest BCUT2D eigenvalue weighted by Gasteiger charge is 2.59. The molecule has 1 aliphatic carbocycles. The molecule has 3 rings (SSSR count). The Morgan fingerprint density at radius 3 is 2.58 bits per heavy atom. The standard InChI is InChI=1S/C14H25N3OS/c1-11(2)12-15-14(3-4-14)13(18)17(12)6-5-16-7-9-19-10-8-16/h11-12,15H,3-10H2,1-2H3. The third kappa shape index (κ3) is 2.65. The number of carbonyl (C=O) groups is 1. The first-order valence-electron chi connectivity index (χ1n) is 7.51. The van der Waals surface area contributed by atoms with Crippen LogP contribution in [0.3, 0.4) is 0 Å². The lowest BCUT2D eigenvalue weighted by molar-refractivity contribution is -0.131. The van der Waals surface area contributed by atoms with Gasteiger partial charge in [0.1, 0.15) is 0 Å². The average molecular weight is 283 g/mol. The van der Waals surface area contributed by atoms with Crippen LogP contribution in [0, 0.1) is 5.92 Å². The third-order valence-corrected chi connectivity index (χ3v) is 5.52. The summed E-state index contributed by atoms with van der Waals surface area (Å²) in [5.41, 5.74) is -0.160. The van der Waals surface area contributed by atoms with Gasteiger partial charge in [-0.05, 0) is 18.8 Å². The number of nitrogens with one attached hydrogen (secondary N) is 1. The summed E-state index contributed by atoms with van der Waals surface area (Å²) in [7, 11) is 0. The molecule has 0 aromatic heterocycles. The summed E-state index contributed by atoms with van der Waals surface area (Å²) in [5.74, 6) is 3.33. The van der Waals surface area contributed by atoms with Crippen molar-refractivity contribution in [2.24, 2.45) is 5.92 Å². The predicted octanol–water partition coefficient (Wildman–Crippen LogP) is 0.982. The van der Waals surface area contributed by atoms with E-state index in [0.717, 1.165) is 25.9 Å². The molecule has 2 saturated heterocycles. The number of thioether (sulfide) groups is 1. The lowest BCUT2D eigenvalue weighted by Crippen LogP contribution is -2.46. The van der Waals surface area contributed by atoms with Gasteiger partial charge >= 0.3 is 0 Å². The normalized spacial score (nSPS) is 30.6. The highest BCUT2D eigenvalue weighted by atomic mass is 32.2. The van der Waals surface area contributed by atoms with Gasteiger partial charge in [0.25, 0.3) is 0 Å². The molecule has 3 aliphatic rings. The maximum Gasteiger partial charge on any atom is 0.244 e. The van der Waals surface area contributed by atoms with Gasteiger partial charge < -0.3 is 4.90 Å². The molecule has 1 unspecified atom stereocenters. The van der Waals surface area contributed by atoms with Crippen LogP contribution < -0.4 is 5.32 Å². The Morgan fingerprint density at radius 2 is 2.00 bits per heavy atom. The smallest absolute Gasteiger partial charge is 0.244 e. The van der Waals surface area contributed by atoms with E-state index in [-0.39, 0.29) is 11.7 Å². The zero-order chi connectivity index (χ0) is 13.5. The van der Waals surface area contributed by atoms with Gasteiger partial charge in [-0.1, -0.05) is 13.8 Å². The summed E-state index contributed by atoms with van der Waals surface area (Å²) in [5, 5.41) is 3.58. The van der Waals surface area contributed by atoms with Crippen LogP contribution in [0.5, 0.6) is 0 Å². The fourth-order valence-electron chi connectivity index (χ4n) is 3.15. The van der Waals surface area contributed by atoms with E-state index < -0.39 is 0 Å². The average Bonchev–Trinajstić information content (AvgIpc) is 3.13. The van der Waals surface area contributed by atoms with E-state index in [1.54, 1.807) is 0 Å². The van der Waals surface area contributed by atoms with Gasteiger partial charge in [-0.15, -0.1) is 0 Å². The zero-order valence-corrected chi connectivity index (χ0v) is 12.8. The molecule has 4 nitrogen and oxygen atoms in total. The van der Waals surface area contributed by atoms with E-state index >= 15 is 0 Å². The van der Waals surface area contributed by atoms with E-state index in [0.29, 0.717) is 11.8 Å². The second-order valence-corrected chi connectivity index (χ2v) is 7.59. The summed E-state index contributed by atoms with van der Waals surface area (Å²) in [6.45, 7) is 8.69. The molecule has 5 heteroatoms. The first-order chi connectivity index (χ1) is 9.12. The highest BCUT2D eigenvalue weighted by molar-refractivity contribution is 7.99. The fraction of sp³-hybridized carbons (Fsp3) is 0.929. The minimum absolute atomic E-state index is 0.160. The van der Waals surface area contributed by atoms with Gasteiger partial charge in [0.15, 0.2) is 0 Å². The summed E-state index contributed by atoms with van der Waals surface area (Å²) < 4.78 is 0. The molecular formula is C14H25N3OS. The summed E-state index contributed by atoms with van der Waals surface area (Å²) >= 11 is 2.04. The Kier molecular flexibility index (Phi) is 3.80. The Balaban J connectivity index is 1.59. The molecule has 1 spiro atoms. The Hall–Kier alpha value is -0.260. The number of amides is 1. The van der Waals surface area contributed by atoms with Crippen molar-refractivity contribution in [1.29, 1.82) is 0 Å². The maximum absolute atomic E-state index is 12.5. The van der Waals surface area contributed by atoms with Crippen molar-refractivity contribution >= 4 is 17.7 Å². The summed E-state index contributed by atoms with van der Waals surface area (Å²) in [6, 6.07) is 0. The number of hydrogen-bond donors (Lipinski definition) is 1. The van der Waals surface area contributed by atoms with Crippen LogP contribution in [0.15, 0.2) is 0 Å². The largest absolute Gasteiger partial charge is 0.324 e. The van der Waals surface area contributed by atoms with Crippen LogP contribution in [0.2, 0.25) is 0 Å². The van der Waals surface area contributed by atoms with Crippen LogP contribution in [-0.4, -0.2) is 65.1 Å². The van der Waals surface area contributed by atoms with Crippen molar-refractivity contribution in [3.8, 4) is 0 Å². The first-order valence-corrected chi connectivity index (χ1v) is 8.67. The van der Waals surface area contributed by atoms with Crippen molar-refractivity contribution in [3.05, 3.63) is 0 Å². The molecule has 108 valence electrons. The van der Waals surface area contributed by atoms with Gasteiger partial charge in [0.2, 0.25) is 5.91 Å². The monoisotopic (exact) mass is 283 g/mol. The number of nitrogens with zero attached hydrogens (tertiary/aromatic N) is 2. The van der Waals surface area contributed by atoms with Gasteiger partial charge in [-0.3, -0.25) is 15.0 Å². The highest BCUT2D eigenvalue weighted by Crippen LogP contribution is 2.43. The van der Waals surface area contributed by atoms with Crippen LogP contribution in [-0.2, 0) is 4.79 Å². The van der Waals surface area contributed by atoms with Crippen LogP contribution in [0.1, 0.15) is 26.7 Å².